The summed E-state index contributed by atoms with van der Waals surface area (Å²) in [6.45, 7) is 4.07. The van der Waals surface area contributed by atoms with E-state index >= 15 is 0 Å². The van der Waals surface area contributed by atoms with Crippen LogP contribution in [0.15, 0.2) is 60.8 Å². The van der Waals surface area contributed by atoms with Crippen molar-refractivity contribution < 1.29 is 58.3 Å². The van der Waals surface area contributed by atoms with Crippen molar-refractivity contribution in [2.45, 2.75) is 204 Å². The van der Waals surface area contributed by atoms with E-state index in [1.165, 1.54) is 32.1 Å². The van der Waals surface area contributed by atoms with E-state index < -0.39 is 63.1 Å². The minimum Gasteiger partial charge on any atom is -0.457 e. The summed E-state index contributed by atoms with van der Waals surface area (Å²) in [6, 6.07) is 0. The number of hydrogen-bond acceptors (Lipinski definition) is 11. The zero-order valence-corrected chi connectivity index (χ0v) is 37.2. The van der Waals surface area contributed by atoms with E-state index in [-0.39, 0.29) is 13.0 Å². The van der Waals surface area contributed by atoms with E-state index in [4.69, 9.17) is 18.5 Å². The van der Waals surface area contributed by atoms with E-state index in [2.05, 4.69) is 74.6 Å². The van der Waals surface area contributed by atoms with Gasteiger partial charge in [-0.3, -0.25) is 13.8 Å². The third-order valence-corrected chi connectivity index (χ3v) is 11.1. The van der Waals surface area contributed by atoms with Crippen LogP contribution in [0, 0.1) is 0 Å². The molecule has 1 saturated carbocycles. The highest BCUT2D eigenvalue weighted by Gasteiger charge is 2.51. The van der Waals surface area contributed by atoms with Crippen molar-refractivity contribution in [3.8, 4) is 0 Å². The highest BCUT2D eigenvalue weighted by Crippen LogP contribution is 2.47. The number of unbranched alkanes of at least 4 members (excludes halogenated alkanes) is 15. The number of ether oxygens (including phenoxy) is 2. The lowest BCUT2D eigenvalue weighted by molar-refractivity contribution is -0.220. The molecule has 0 heterocycles. The van der Waals surface area contributed by atoms with Gasteiger partial charge in [0.25, 0.3) is 0 Å². The van der Waals surface area contributed by atoms with Crippen LogP contribution in [0.3, 0.4) is 0 Å². The maximum atomic E-state index is 12.8. The Hall–Kier alpha value is -1.96. The quantitative estimate of drug-likeness (QED) is 0.0151. The molecule has 1 fully saturated rings. The maximum absolute atomic E-state index is 12.8. The van der Waals surface area contributed by atoms with E-state index in [0.717, 1.165) is 103 Å². The third kappa shape index (κ3) is 29.1. The number of aliphatic hydroxyl groups is 5. The minimum atomic E-state index is -5.03. The van der Waals surface area contributed by atoms with Crippen LogP contribution in [-0.2, 0) is 27.9 Å². The lowest BCUT2D eigenvalue weighted by Crippen LogP contribution is -2.64. The van der Waals surface area contributed by atoms with Crippen molar-refractivity contribution in [3.05, 3.63) is 60.8 Å². The Labute approximate surface area is 356 Å². The number of carbonyl (C=O) groups excluding carboxylic acids is 1. The van der Waals surface area contributed by atoms with Gasteiger partial charge in [0, 0.05) is 13.0 Å². The first-order valence-corrected chi connectivity index (χ1v) is 24.1. The molecule has 13 heteroatoms. The molecule has 0 bridgehead atoms. The van der Waals surface area contributed by atoms with Gasteiger partial charge in [-0.05, 0) is 77.0 Å². The second-order valence-corrected chi connectivity index (χ2v) is 16.9. The molecule has 12 nitrogen and oxygen atoms in total. The van der Waals surface area contributed by atoms with Gasteiger partial charge in [0.2, 0.25) is 0 Å². The summed E-state index contributed by atoms with van der Waals surface area (Å²) < 4.78 is 34.1. The average Bonchev–Trinajstić information content (AvgIpc) is 3.22. The van der Waals surface area contributed by atoms with Crippen LogP contribution in [0.4, 0.5) is 0 Å². The lowest BCUT2D eigenvalue weighted by Gasteiger charge is -2.41. The normalized spacial score (nSPS) is 23.1. The molecule has 0 aromatic carbocycles. The Morgan fingerprint density at radius 3 is 1.54 bits per heavy atom. The Kier molecular flexibility index (Phi) is 34.2. The summed E-state index contributed by atoms with van der Waals surface area (Å²) in [4.78, 5) is 23.1. The highest BCUT2D eigenvalue weighted by atomic mass is 31.2. The van der Waals surface area contributed by atoms with E-state index in [1.54, 1.807) is 0 Å². The molecule has 0 aliphatic heterocycles. The van der Waals surface area contributed by atoms with Gasteiger partial charge in [-0.2, -0.15) is 0 Å². The fraction of sp³-hybridized carbons (Fsp3) is 0.761. The molecule has 1 rings (SSSR count). The monoisotopic (exact) mass is 857 g/mol. The Bertz CT molecular complexity index is 1200. The maximum Gasteiger partial charge on any atom is 0.472 e. The van der Waals surface area contributed by atoms with Gasteiger partial charge in [0.15, 0.2) is 0 Å². The number of rotatable bonds is 37. The summed E-state index contributed by atoms with van der Waals surface area (Å²) in [7, 11) is -5.03. The number of esters is 1. The number of allylic oxidation sites excluding steroid dienone is 10. The Balaban J connectivity index is 2.43. The Morgan fingerprint density at radius 1 is 0.559 bits per heavy atom. The number of phosphoric acid groups is 1. The van der Waals surface area contributed by atoms with Gasteiger partial charge >= 0.3 is 13.8 Å². The Morgan fingerprint density at radius 2 is 1.00 bits per heavy atom. The van der Waals surface area contributed by atoms with Gasteiger partial charge in [0.05, 0.1) is 13.2 Å². The summed E-state index contributed by atoms with van der Waals surface area (Å²) in [5.74, 6) is -0.496. The summed E-state index contributed by atoms with van der Waals surface area (Å²) >= 11 is 0. The van der Waals surface area contributed by atoms with Crippen molar-refractivity contribution >= 4 is 13.8 Å². The van der Waals surface area contributed by atoms with Crippen molar-refractivity contribution in [2.24, 2.45) is 0 Å². The van der Waals surface area contributed by atoms with Gasteiger partial charge in [-0.1, -0.05) is 139 Å². The summed E-state index contributed by atoms with van der Waals surface area (Å²) in [5, 5.41) is 50.1. The average molecular weight is 857 g/mol. The fourth-order valence-electron chi connectivity index (χ4n) is 6.52. The number of aliphatic hydroxyl groups excluding tert-OH is 5. The van der Waals surface area contributed by atoms with Crippen LogP contribution in [0.1, 0.15) is 162 Å². The predicted octanol–water partition coefficient (Wildman–Crippen LogP) is 9.03. The van der Waals surface area contributed by atoms with Crippen molar-refractivity contribution in [1.82, 2.24) is 0 Å². The molecule has 0 aromatic heterocycles. The third-order valence-electron chi connectivity index (χ3n) is 10.1. The molecule has 1 aliphatic carbocycles. The highest BCUT2D eigenvalue weighted by molar-refractivity contribution is 7.47. The second kappa shape index (κ2) is 36.7. The topological polar surface area (TPSA) is 192 Å². The zero-order valence-electron chi connectivity index (χ0n) is 36.3. The first-order chi connectivity index (χ1) is 28.5. The minimum absolute atomic E-state index is 0.0951. The van der Waals surface area contributed by atoms with Crippen molar-refractivity contribution in [2.75, 3.05) is 19.8 Å². The van der Waals surface area contributed by atoms with E-state index in [1.807, 2.05) is 0 Å². The van der Waals surface area contributed by atoms with Crippen LogP contribution in [0.2, 0.25) is 0 Å². The molecular formula is C46H81O12P. The molecule has 0 amide bonds. The standard InChI is InChI=1S/C46H81O12P/c1-3-5-7-9-11-13-15-17-19-20-21-22-24-26-28-30-32-34-36-55-37-39(38-56-59(53,54)58-46-44(51)42(49)41(48)43(50)45(46)52)57-40(47)35-33-31-29-27-25-23-18-16-14-12-10-8-6-4-2/h5,7,11,13,16-19,21-22,39,41-46,48-52H,3-4,6,8-10,12,14-15,20,23-38H2,1-2H3,(H,53,54)/b7-5-,13-11-,18-16-,19-17-,22-21-. The number of phosphoric ester groups is 1. The van der Waals surface area contributed by atoms with Crippen LogP contribution in [0.25, 0.3) is 0 Å². The molecule has 59 heavy (non-hydrogen) atoms. The molecule has 342 valence electrons. The van der Waals surface area contributed by atoms with Crippen LogP contribution in [0.5, 0.6) is 0 Å². The van der Waals surface area contributed by atoms with Crippen LogP contribution < -0.4 is 0 Å². The predicted molar refractivity (Wildman–Crippen MR) is 235 cm³/mol. The molecule has 0 radical (unpaired) electrons. The molecule has 0 saturated heterocycles. The number of carbonyl (C=O) groups is 1. The first kappa shape index (κ1) is 55.1. The molecule has 6 N–H and O–H groups in total. The summed E-state index contributed by atoms with van der Waals surface area (Å²) in [5.41, 5.74) is 0. The van der Waals surface area contributed by atoms with Gasteiger partial charge in [0.1, 0.15) is 42.7 Å². The SMILES string of the molecule is CC/C=C\C/C=C\C/C=C\C/C=C\CCCCCCCOCC(COP(=O)(O)OC1C(O)C(O)C(O)C(O)C1O)OC(=O)CCCCCCC/C=C\CCCCCCC. The molecular weight excluding hydrogens is 775 g/mol. The molecule has 1 aliphatic rings. The van der Waals surface area contributed by atoms with Crippen LogP contribution >= 0.6 is 7.82 Å². The summed E-state index contributed by atoms with van der Waals surface area (Å²) in [6.07, 6.45) is 32.9. The lowest BCUT2D eigenvalue weighted by atomic mass is 9.85. The first-order valence-electron chi connectivity index (χ1n) is 22.6. The second-order valence-electron chi connectivity index (χ2n) is 15.5. The van der Waals surface area contributed by atoms with E-state index in [9.17, 15) is 39.8 Å². The van der Waals surface area contributed by atoms with Gasteiger partial charge < -0.3 is 39.9 Å². The molecule has 6 unspecified atom stereocenters. The van der Waals surface area contributed by atoms with Gasteiger partial charge in [-0.15, -0.1) is 0 Å². The van der Waals surface area contributed by atoms with Gasteiger partial charge in [-0.25, -0.2) is 4.57 Å². The fourth-order valence-corrected chi connectivity index (χ4v) is 7.49. The van der Waals surface area contributed by atoms with Crippen LogP contribution in [-0.4, -0.2) is 98.9 Å². The largest absolute Gasteiger partial charge is 0.472 e. The molecule has 0 spiro atoms. The van der Waals surface area contributed by atoms with Crippen molar-refractivity contribution in [1.29, 1.82) is 0 Å². The number of hydrogen-bond donors (Lipinski definition) is 6. The molecule has 0 aromatic rings. The van der Waals surface area contributed by atoms with E-state index in [0.29, 0.717) is 13.0 Å². The van der Waals surface area contributed by atoms with Crippen molar-refractivity contribution in [3.63, 3.8) is 0 Å². The smallest absolute Gasteiger partial charge is 0.457 e. The zero-order chi connectivity index (χ0) is 43.4. The molecule has 6 atom stereocenters.